The molecule has 60 valence electrons. The lowest BCUT2D eigenvalue weighted by Gasteiger charge is -2.03. The van der Waals surface area contributed by atoms with Crippen molar-refractivity contribution in [3.05, 3.63) is 23.8 Å². The van der Waals surface area contributed by atoms with Crippen LogP contribution in [-0.2, 0) is 6.42 Å². The molecule has 1 N–H and O–H groups in total. The largest absolute Gasteiger partial charge is 0.476 e. The zero-order chi connectivity index (χ0) is 7.97. The summed E-state index contributed by atoms with van der Waals surface area (Å²) in [5.41, 5.74) is 3.59. The Labute approximate surface area is 69.7 Å². The average molecular weight is 160 g/mol. The predicted molar refractivity (Wildman–Crippen MR) is 44.4 cm³/mol. The number of hydrogen-bond donors (Lipinski definition) is 1. The molecule has 3 aliphatic rings. The van der Waals surface area contributed by atoms with Crippen LogP contribution in [0.3, 0.4) is 0 Å². The standard InChI is InChI=1S/C9H8N2O/c1-2-6-7-4-5-12-9(7)11-10-8(6)3-1/h1-3,10H,4-5H2. The highest BCUT2D eigenvalue weighted by Crippen LogP contribution is 2.33. The number of fused-ring (bicyclic) bond motifs is 3. The minimum absolute atomic E-state index is 0.764. The van der Waals surface area contributed by atoms with Crippen LogP contribution in [0.15, 0.2) is 18.2 Å². The van der Waals surface area contributed by atoms with E-state index in [0.717, 1.165) is 24.6 Å². The van der Waals surface area contributed by atoms with Gasteiger partial charge in [-0.15, -0.1) is 5.10 Å². The molecule has 0 aromatic heterocycles. The summed E-state index contributed by atoms with van der Waals surface area (Å²) in [7, 11) is 0. The summed E-state index contributed by atoms with van der Waals surface area (Å²) in [6.07, 6.45) is 0.984. The molecule has 3 nitrogen and oxygen atoms in total. The molecule has 1 aliphatic carbocycles. The Bertz CT molecular complexity index is 394. The van der Waals surface area contributed by atoms with E-state index in [1.807, 2.05) is 12.1 Å². The van der Waals surface area contributed by atoms with Crippen LogP contribution in [-0.4, -0.2) is 16.8 Å². The zero-order valence-electron chi connectivity index (χ0n) is 6.50. The van der Waals surface area contributed by atoms with Gasteiger partial charge < -0.3 is 4.74 Å². The van der Waals surface area contributed by atoms with E-state index in [4.69, 9.17) is 4.74 Å². The minimum atomic E-state index is 0.764. The van der Waals surface area contributed by atoms with Gasteiger partial charge >= 0.3 is 0 Å². The van der Waals surface area contributed by atoms with Crippen molar-refractivity contribution >= 4 is 0 Å². The molecule has 0 radical (unpaired) electrons. The van der Waals surface area contributed by atoms with Crippen LogP contribution in [0.25, 0.3) is 11.3 Å². The third-order valence-corrected chi connectivity index (χ3v) is 2.27. The van der Waals surface area contributed by atoms with Gasteiger partial charge in [0.15, 0.2) is 0 Å². The topological polar surface area (TPSA) is 37.9 Å². The SMILES string of the molecule is c1cc2[nH]nc3c(c-2c1)CCO3. The first kappa shape index (κ1) is 6.06. The molecule has 3 rings (SSSR count). The number of aromatic amines is 1. The second-order valence-electron chi connectivity index (χ2n) is 2.96. The van der Waals surface area contributed by atoms with Gasteiger partial charge in [0.2, 0.25) is 5.88 Å². The summed E-state index contributed by atoms with van der Waals surface area (Å²) in [6.45, 7) is 0.764. The third kappa shape index (κ3) is 0.630. The van der Waals surface area contributed by atoms with Crippen molar-refractivity contribution < 1.29 is 4.74 Å². The van der Waals surface area contributed by atoms with E-state index in [2.05, 4.69) is 16.3 Å². The lowest BCUT2D eigenvalue weighted by Crippen LogP contribution is -1.91. The summed E-state index contributed by atoms with van der Waals surface area (Å²) in [4.78, 5) is 0. The molecular weight excluding hydrogens is 152 g/mol. The predicted octanol–water partition coefficient (Wildman–Crippen LogP) is 1.45. The fraction of sp³-hybridized carbons (Fsp3) is 0.222. The summed E-state index contributed by atoms with van der Waals surface area (Å²) < 4.78 is 5.33. The smallest absolute Gasteiger partial charge is 0.235 e. The number of nitrogens with zero attached hydrogens (tertiary/aromatic N) is 1. The van der Waals surface area contributed by atoms with Crippen LogP contribution in [0.4, 0.5) is 0 Å². The van der Waals surface area contributed by atoms with Gasteiger partial charge in [0, 0.05) is 17.5 Å². The van der Waals surface area contributed by atoms with Crippen LogP contribution < -0.4 is 4.74 Å². The molecule has 0 bridgehead atoms. The second kappa shape index (κ2) is 2.00. The molecule has 0 aromatic rings. The first-order valence-electron chi connectivity index (χ1n) is 4.04. The number of rotatable bonds is 0. The van der Waals surface area contributed by atoms with E-state index < -0.39 is 0 Å². The molecule has 3 heteroatoms. The van der Waals surface area contributed by atoms with Gasteiger partial charge in [-0.25, -0.2) is 0 Å². The van der Waals surface area contributed by atoms with Crippen molar-refractivity contribution in [1.82, 2.24) is 10.2 Å². The third-order valence-electron chi connectivity index (χ3n) is 2.27. The van der Waals surface area contributed by atoms with E-state index in [0.29, 0.717) is 0 Å². The van der Waals surface area contributed by atoms with Crippen LogP contribution in [0, 0.1) is 0 Å². The Morgan fingerprint density at radius 3 is 3.42 bits per heavy atom. The summed E-state index contributed by atoms with van der Waals surface area (Å²) in [6, 6.07) is 6.16. The van der Waals surface area contributed by atoms with Crippen molar-refractivity contribution in [2.24, 2.45) is 0 Å². The second-order valence-corrected chi connectivity index (χ2v) is 2.96. The molecule has 2 heterocycles. The minimum Gasteiger partial charge on any atom is -0.476 e. The molecule has 12 heavy (non-hydrogen) atoms. The molecule has 0 saturated heterocycles. The van der Waals surface area contributed by atoms with E-state index in [9.17, 15) is 0 Å². The van der Waals surface area contributed by atoms with Crippen LogP contribution in [0.1, 0.15) is 5.56 Å². The van der Waals surface area contributed by atoms with Crippen LogP contribution in [0.5, 0.6) is 5.88 Å². The Morgan fingerprint density at radius 2 is 2.42 bits per heavy atom. The Balaban J connectivity index is 2.37. The number of H-pyrrole nitrogens is 1. The fourth-order valence-corrected chi connectivity index (χ4v) is 1.69. The fourth-order valence-electron chi connectivity index (χ4n) is 1.69. The van der Waals surface area contributed by atoms with Gasteiger partial charge in [0.05, 0.1) is 12.3 Å². The summed E-state index contributed by atoms with van der Waals surface area (Å²) in [5, 5.41) is 7.07. The van der Waals surface area contributed by atoms with E-state index in [-0.39, 0.29) is 0 Å². The van der Waals surface area contributed by atoms with Crippen molar-refractivity contribution in [2.45, 2.75) is 6.42 Å². The molecule has 2 aliphatic heterocycles. The number of nitrogens with one attached hydrogen (secondary N) is 1. The van der Waals surface area contributed by atoms with Gasteiger partial charge in [-0.1, -0.05) is 12.1 Å². The highest BCUT2D eigenvalue weighted by atomic mass is 16.5. The van der Waals surface area contributed by atoms with Crippen molar-refractivity contribution in [2.75, 3.05) is 6.61 Å². The van der Waals surface area contributed by atoms with Gasteiger partial charge in [0.1, 0.15) is 0 Å². The molecule has 0 amide bonds. The van der Waals surface area contributed by atoms with E-state index in [1.165, 1.54) is 11.1 Å². The molecule has 0 spiro atoms. The maximum absolute atomic E-state index is 5.33. The highest BCUT2D eigenvalue weighted by molar-refractivity contribution is 5.68. The first-order valence-corrected chi connectivity index (χ1v) is 4.04. The summed E-state index contributed by atoms with van der Waals surface area (Å²) >= 11 is 0. The number of ether oxygens (including phenoxy) is 1. The normalized spacial score (nSPS) is 14.7. The van der Waals surface area contributed by atoms with E-state index >= 15 is 0 Å². The van der Waals surface area contributed by atoms with Crippen molar-refractivity contribution in [1.29, 1.82) is 0 Å². The molecule has 0 saturated carbocycles. The van der Waals surface area contributed by atoms with Crippen LogP contribution in [0.2, 0.25) is 0 Å². The molecule has 0 atom stereocenters. The maximum Gasteiger partial charge on any atom is 0.235 e. The number of aromatic nitrogens is 2. The van der Waals surface area contributed by atoms with Gasteiger partial charge in [-0.2, -0.15) is 0 Å². The lowest BCUT2D eigenvalue weighted by atomic mass is 10.1. The average Bonchev–Trinajstić information content (AvgIpc) is 2.71. The quantitative estimate of drug-likeness (QED) is 0.633. The van der Waals surface area contributed by atoms with Gasteiger partial charge in [-0.3, -0.25) is 5.10 Å². The molecular formula is C9H8N2O. The van der Waals surface area contributed by atoms with E-state index in [1.54, 1.807) is 0 Å². The monoisotopic (exact) mass is 160 g/mol. The summed E-state index contributed by atoms with van der Waals surface area (Å²) in [5.74, 6) is 0.772. The lowest BCUT2D eigenvalue weighted by molar-refractivity contribution is 0.341. The highest BCUT2D eigenvalue weighted by Gasteiger charge is 2.20. The number of hydrogen-bond acceptors (Lipinski definition) is 2. The Morgan fingerprint density at radius 1 is 1.42 bits per heavy atom. The zero-order valence-corrected chi connectivity index (χ0v) is 6.50. The molecule has 0 aromatic carbocycles. The van der Waals surface area contributed by atoms with Crippen LogP contribution >= 0.6 is 0 Å². The first-order chi connectivity index (χ1) is 5.95. The Kier molecular flexibility index (Phi) is 1.01. The van der Waals surface area contributed by atoms with Gasteiger partial charge in [0.25, 0.3) is 0 Å². The maximum atomic E-state index is 5.33. The molecule has 0 unspecified atom stereocenters. The Hall–Kier alpha value is -1.51. The van der Waals surface area contributed by atoms with Crippen molar-refractivity contribution in [3.8, 4) is 17.1 Å². The van der Waals surface area contributed by atoms with Crippen molar-refractivity contribution in [3.63, 3.8) is 0 Å². The molecule has 0 fully saturated rings. The van der Waals surface area contributed by atoms with Gasteiger partial charge in [-0.05, 0) is 6.07 Å².